The van der Waals surface area contributed by atoms with Gasteiger partial charge in [0, 0.05) is 17.5 Å². The molecule has 2 rings (SSSR count). The van der Waals surface area contributed by atoms with Crippen LogP contribution >= 0.6 is 11.6 Å². The summed E-state index contributed by atoms with van der Waals surface area (Å²) in [5, 5.41) is 0.496. The Bertz CT molecular complexity index is 504. The van der Waals surface area contributed by atoms with E-state index < -0.39 is 0 Å². The van der Waals surface area contributed by atoms with Crippen LogP contribution in [0.3, 0.4) is 0 Å². The quantitative estimate of drug-likeness (QED) is 0.645. The molecule has 2 heterocycles. The zero-order valence-corrected chi connectivity index (χ0v) is 11.2. The number of rotatable bonds is 5. The molecule has 0 aromatic carbocycles. The van der Waals surface area contributed by atoms with E-state index in [4.69, 9.17) is 17.3 Å². The summed E-state index contributed by atoms with van der Waals surface area (Å²) in [5.41, 5.74) is 8.62. The van der Waals surface area contributed by atoms with Crippen molar-refractivity contribution >= 4 is 11.6 Å². The van der Waals surface area contributed by atoms with E-state index in [0.29, 0.717) is 5.15 Å². The Labute approximate surface area is 112 Å². The van der Waals surface area contributed by atoms with Gasteiger partial charge in [-0.1, -0.05) is 11.6 Å². The highest BCUT2D eigenvalue weighted by Crippen LogP contribution is 2.23. The molecule has 0 unspecified atom stereocenters. The van der Waals surface area contributed by atoms with Crippen LogP contribution in [0.2, 0.25) is 5.15 Å². The lowest BCUT2D eigenvalue weighted by Gasteiger charge is -2.02. The van der Waals surface area contributed by atoms with E-state index in [1.165, 1.54) is 0 Å². The smallest absolute Gasteiger partial charge is 0.129 e. The summed E-state index contributed by atoms with van der Waals surface area (Å²) in [5.74, 6) is 0.919. The second kappa shape index (κ2) is 5.98. The number of H-pyrrole nitrogens is 1. The zero-order valence-electron chi connectivity index (χ0n) is 10.4. The molecule has 2 aromatic heterocycles. The Morgan fingerprint density at radius 1 is 1.33 bits per heavy atom. The minimum atomic E-state index is 0.496. The van der Waals surface area contributed by atoms with Gasteiger partial charge in [-0.05, 0) is 44.9 Å². The molecule has 0 saturated carbocycles. The largest absolute Gasteiger partial charge is 0.346 e. The lowest BCUT2D eigenvalue weighted by molar-refractivity contribution is 0.735. The average Bonchev–Trinajstić information content (AvgIpc) is 2.72. The Balaban J connectivity index is 2.23. The fourth-order valence-electron chi connectivity index (χ4n) is 1.92. The second-order valence-electron chi connectivity index (χ2n) is 4.26. The summed E-state index contributed by atoms with van der Waals surface area (Å²) >= 11 is 5.79. The molecule has 0 aliphatic carbocycles. The molecule has 18 heavy (non-hydrogen) atoms. The van der Waals surface area contributed by atoms with Gasteiger partial charge in [-0.15, -0.1) is 0 Å². The van der Waals surface area contributed by atoms with E-state index in [1.807, 2.05) is 13.0 Å². The molecule has 0 aliphatic heterocycles. The molecular formula is C13H17ClN4. The van der Waals surface area contributed by atoms with Gasteiger partial charge in [0.2, 0.25) is 0 Å². The van der Waals surface area contributed by atoms with Gasteiger partial charge in [-0.25, -0.2) is 9.97 Å². The van der Waals surface area contributed by atoms with Crippen LogP contribution in [0.4, 0.5) is 0 Å². The fraction of sp³-hybridized carbons (Fsp3) is 0.385. The van der Waals surface area contributed by atoms with E-state index in [9.17, 15) is 0 Å². The molecule has 96 valence electrons. The van der Waals surface area contributed by atoms with Crippen LogP contribution in [0, 0.1) is 6.92 Å². The van der Waals surface area contributed by atoms with Gasteiger partial charge in [-0.3, -0.25) is 0 Å². The minimum Gasteiger partial charge on any atom is -0.346 e. The molecule has 0 spiro atoms. The normalized spacial score (nSPS) is 10.8. The lowest BCUT2D eigenvalue weighted by atomic mass is 10.1. The number of aryl methyl sites for hydroxylation is 2. The number of nitrogens with one attached hydrogen (secondary N) is 1. The van der Waals surface area contributed by atoms with Crippen molar-refractivity contribution in [2.75, 3.05) is 6.54 Å². The number of aromatic amines is 1. The van der Waals surface area contributed by atoms with Gasteiger partial charge in [0.25, 0.3) is 0 Å². The maximum atomic E-state index is 5.79. The van der Waals surface area contributed by atoms with Gasteiger partial charge in [0.15, 0.2) is 0 Å². The van der Waals surface area contributed by atoms with E-state index in [0.717, 1.165) is 48.6 Å². The Morgan fingerprint density at radius 3 is 2.83 bits per heavy atom. The molecule has 4 nitrogen and oxygen atoms in total. The van der Waals surface area contributed by atoms with Crippen LogP contribution in [0.15, 0.2) is 18.3 Å². The number of unbranched alkanes of at least 4 members (excludes halogenated alkanes) is 1. The third kappa shape index (κ3) is 3.09. The molecule has 0 fully saturated rings. The Hall–Kier alpha value is -1.39. The molecule has 0 aliphatic rings. The predicted octanol–water partition coefficient (Wildman–Crippen LogP) is 2.71. The van der Waals surface area contributed by atoms with Crippen LogP contribution in [0.1, 0.15) is 24.4 Å². The van der Waals surface area contributed by atoms with E-state index in [-0.39, 0.29) is 0 Å². The first-order valence-electron chi connectivity index (χ1n) is 6.08. The molecule has 0 radical (unpaired) electrons. The van der Waals surface area contributed by atoms with E-state index in [2.05, 4.69) is 15.0 Å². The molecule has 3 N–H and O–H groups in total. The van der Waals surface area contributed by atoms with Crippen molar-refractivity contribution in [2.24, 2.45) is 5.73 Å². The summed E-state index contributed by atoms with van der Waals surface area (Å²) in [6.07, 6.45) is 4.79. The molecular weight excluding hydrogens is 248 g/mol. The Kier molecular flexibility index (Phi) is 4.33. The summed E-state index contributed by atoms with van der Waals surface area (Å²) in [4.78, 5) is 11.9. The number of pyridine rings is 1. The summed E-state index contributed by atoms with van der Waals surface area (Å²) < 4.78 is 0. The van der Waals surface area contributed by atoms with Crippen molar-refractivity contribution in [3.8, 4) is 11.3 Å². The van der Waals surface area contributed by atoms with Gasteiger partial charge < -0.3 is 10.7 Å². The molecule has 0 atom stereocenters. The molecule has 5 heteroatoms. The zero-order chi connectivity index (χ0) is 13.0. The highest BCUT2D eigenvalue weighted by atomic mass is 35.5. The van der Waals surface area contributed by atoms with Crippen molar-refractivity contribution < 1.29 is 0 Å². The lowest BCUT2D eigenvalue weighted by Crippen LogP contribution is -1.99. The Morgan fingerprint density at radius 2 is 2.17 bits per heavy atom. The van der Waals surface area contributed by atoms with Crippen molar-refractivity contribution in [1.29, 1.82) is 0 Å². The molecule has 0 bridgehead atoms. The van der Waals surface area contributed by atoms with Crippen LogP contribution in [-0.4, -0.2) is 21.5 Å². The van der Waals surface area contributed by atoms with E-state index >= 15 is 0 Å². The third-order valence-electron chi connectivity index (χ3n) is 2.78. The van der Waals surface area contributed by atoms with Crippen molar-refractivity contribution in [1.82, 2.24) is 15.0 Å². The number of hydrogen-bond acceptors (Lipinski definition) is 3. The maximum Gasteiger partial charge on any atom is 0.129 e. The molecule has 0 amide bonds. The van der Waals surface area contributed by atoms with Crippen molar-refractivity contribution in [3.63, 3.8) is 0 Å². The third-order valence-corrected chi connectivity index (χ3v) is 3.00. The second-order valence-corrected chi connectivity index (χ2v) is 4.65. The number of imidazole rings is 1. The average molecular weight is 265 g/mol. The SMILES string of the molecule is Cc1nc(-c2ccc(Cl)nc2)c(CCCCN)[nH]1. The summed E-state index contributed by atoms with van der Waals surface area (Å²) in [7, 11) is 0. The van der Waals surface area contributed by atoms with Crippen LogP contribution in [-0.2, 0) is 6.42 Å². The van der Waals surface area contributed by atoms with Crippen molar-refractivity contribution in [3.05, 3.63) is 35.0 Å². The number of nitrogens with two attached hydrogens (primary N) is 1. The fourth-order valence-corrected chi connectivity index (χ4v) is 2.03. The topological polar surface area (TPSA) is 67.6 Å². The van der Waals surface area contributed by atoms with Crippen molar-refractivity contribution in [2.45, 2.75) is 26.2 Å². The van der Waals surface area contributed by atoms with Crippen LogP contribution < -0.4 is 5.73 Å². The minimum absolute atomic E-state index is 0.496. The number of hydrogen-bond donors (Lipinski definition) is 2. The van der Waals surface area contributed by atoms with Gasteiger partial charge >= 0.3 is 0 Å². The molecule has 0 saturated heterocycles. The first-order valence-corrected chi connectivity index (χ1v) is 6.46. The first-order chi connectivity index (χ1) is 8.70. The van der Waals surface area contributed by atoms with Crippen LogP contribution in [0.25, 0.3) is 11.3 Å². The van der Waals surface area contributed by atoms with E-state index in [1.54, 1.807) is 12.3 Å². The monoisotopic (exact) mass is 264 g/mol. The standard InChI is InChI=1S/C13H17ClN4/c1-9-17-11(4-2-3-7-15)13(18-9)10-5-6-12(14)16-8-10/h5-6,8H,2-4,7,15H2,1H3,(H,17,18). The molecule has 2 aromatic rings. The number of halogens is 1. The highest BCUT2D eigenvalue weighted by Gasteiger charge is 2.10. The van der Waals surface area contributed by atoms with Gasteiger partial charge in [-0.2, -0.15) is 0 Å². The van der Waals surface area contributed by atoms with Gasteiger partial charge in [0.05, 0.1) is 5.69 Å². The van der Waals surface area contributed by atoms with Crippen LogP contribution in [0.5, 0.6) is 0 Å². The number of aromatic nitrogens is 3. The first kappa shape index (κ1) is 13.1. The number of nitrogens with zero attached hydrogens (tertiary/aromatic N) is 2. The van der Waals surface area contributed by atoms with Gasteiger partial charge in [0.1, 0.15) is 11.0 Å². The highest BCUT2D eigenvalue weighted by molar-refractivity contribution is 6.29. The maximum absolute atomic E-state index is 5.79. The summed E-state index contributed by atoms with van der Waals surface area (Å²) in [6.45, 7) is 2.68. The predicted molar refractivity (Wildman–Crippen MR) is 73.6 cm³/mol. The summed E-state index contributed by atoms with van der Waals surface area (Å²) in [6, 6.07) is 3.72.